The number of hydrogen-bond acceptors (Lipinski definition) is 10. The lowest BCUT2D eigenvalue weighted by atomic mass is 9.85. The predicted octanol–water partition coefficient (Wildman–Crippen LogP) is 3.18. The molecule has 44 heavy (non-hydrogen) atoms. The highest BCUT2D eigenvalue weighted by molar-refractivity contribution is 6.03. The van der Waals surface area contributed by atoms with Gasteiger partial charge in [-0.3, -0.25) is 14.4 Å². The molecule has 0 spiro atoms. The van der Waals surface area contributed by atoms with Crippen molar-refractivity contribution in [1.82, 2.24) is 25.5 Å². The average molecular weight is 606 g/mol. The molecule has 5 rings (SSSR count). The molecular weight excluding hydrogens is 566 g/mol. The Labute approximate surface area is 256 Å². The lowest BCUT2D eigenvalue weighted by Crippen LogP contribution is -2.59. The number of aromatic nitrogens is 2. The molecular formula is C31H39N7O6. The summed E-state index contributed by atoms with van der Waals surface area (Å²) in [4.78, 5) is 50.7. The molecule has 1 fully saturated rings. The highest BCUT2D eigenvalue weighted by Gasteiger charge is 2.42. The molecule has 13 nitrogen and oxygen atoms in total. The number of amides is 3. The number of likely N-dealkylation sites (N-methyl/N-ethyl adjacent to an activating group) is 1. The molecule has 2 aliphatic rings. The lowest BCUT2D eigenvalue weighted by Gasteiger charge is -2.36. The molecule has 1 unspecified atom stereocenters. The molecule has 13 heteroatoms. The van der Waals surface area contributed by atoms with E-state index in [2.05, 4.69) is 31.2 Å². The van der Waals surface area contributed by atoms with Gasteiger partial charge in [-0.1, -0.05) is 20.8 Å². The summed E-state index contributed by atoms with van der Waals surface area (Å²) in [6.45, 7) is 7.98. The van der Waals surface area contributed by atoms with Gasteiger partial charge in [-0.25, -0.2) is 9.97 Å². The Kier molecular flexibility index (Phi) is 8.77. The maximum Gasteiger partial charge on any atom is 0.247 e. The SMILES string of the molecule is CN[C@@H](C)C(=O)N[C@H](C(=O)N1CCCC1C(=O)Nc1cc2c(Nc3ccc4c(c3)OCO4)ncnc2cc1OC)C(C)(C)C. The van der Waals surface area contributed by atoms with E-state index in [0.29, 0.717) is 59.0 Å². The molecule has 0 bridgehead atoms. The van der Waals surface area contributed by atoms with E-state index in [-0.39, 0.29) is 24.5 Å². The third-order valence-electron chi connectivity index (χ3n) is 7.91. The summed E-state index contributed by atoms with van der Waals surface area (Å²) < 4.78 is 16.5. The van der Waals surface area contributed by atoms with Gasteiger partial charge in [0.25, 0.3) is 0 Å². The van der Waals surface area contributed by atoms with Gasteiger partial charge in [-0.2, -0.15) is 0 Å². The highest BCUT2D eigenvalue weighted by atomic mass is 16.7. The van der Waals surface area contributed by atoms with Crippen molar-refractivity contribution in [2.45, 2.75) is 58.7 Å². The monoisotopic (exact) mass is 605 g/mol. The van der Waals surface area contributed by atoms with Gasteiger partial charge in [0.1, 0.15) is 30.0 Å². The van der Waals surface area contributed by atoms with Crippen molar-refractivity contribution in [3.05, 3.63) is 36.7 Å². The van der Waals surface area contributed by atoms with Crippen molar-refractivity contribution in [2.75, 3.05) is 38.1 Å². The zero-order chi connectivity index (χ0) is 31.6. The van der Waals surface area contributed by atoms with Gasteiger partial charge in [-0.05, 0) is 50.4 Å². The van der Waals surface area contributed by atoms with Gasteiger partial charge in [0.2, 0.25) is 24.5 Å². The van der Waals surface area contributed by atoms with Crippen LogP contribution in [0.5, 0.6) is 17.2 Å². The van der Waals surface area contributed by atoms with Crippen molar-refractivity contribution in [3.8, 4) is 17.2 Å². The molecule has 3 amide bonds. The summed E-state index contributed by atoms with van der Waals surface area (Å²) in [5, 5.41) is 12.7. The normalized spacial score (nSPS) is 17.2. The van der Waals surface area contributed by atoms with Gasteiger partial charge in [0.15, 0.2) is 11.5 Å². The van der Waals surface area contributed by atoms with Gasteiger partial charge in [-0.15, -0.1) is 0 Å². The maximum absolute atomic E-state index is 13.8. The second kappa shape index (κ2) is 12.5. The Morgan fingerprint density at radius 3 is 2.59 bits per heavy atom. The number of ether oxygens (including phenoxy) is 3. The molecule has 1 saturated heterocycles. The molecule has 234 valence electrons. The molecule has 2 aromatic carbocycles. The van der Waals surface area contributed by atoms with Crippen LogP contribution in [0, 0.1) is 5.41 Å². The summed E-state index contributed by atoms with van der Waals surface area (Å²) in [6.07, 6.45) is 2.60. The largest absolute Gasteiger partial charge is 0.494 e. The first-order chi connectivity index (χ1) is 21.0. The molecule has 3 heterocycles. The van der Waals surface area contributed by atoms with E-state index in [1.165, 1.54) is 13.4 Å². The van der Waals surface area contributed by atoms with E-state index in [1.807, 2.05) is 39.0 Å². The quantitative estimate of drug-likeness (QED) is 0.286. The minimum Gasteiger partial charge on any atom is -0.494 e. The first-order valence-corrected chi connectivity index (χ1v) is 14.6. The van der Waals surface area contributed by atoms with Crippen LogP contribution in [0.25, 0.3) is 10.9 Å². The Morgan fingerprint density at radius 1 is 1.09 bits per heavy atom. The van der Waals surface area contributed by atoms with Crippen molar-refractivity contribution < 1.29 is 28.6 Å². The fraction of sp³-hybridized carbons (Fsp3) is 0.452. The second-order valence-corrected chi connectivity index (χ2v) is 12.0. The van der Waals surface area contributed by atoms with Gasteiger partial charge in [0.05, 0.1) is 24.4 Å². The number of carbonyl (C=O) groups excluding carboxylic acids is 3. The summed E-state index contributed by atoms with van der Waals surface area (Å²) in [7, 11) is 3.19. The Bertz CT molecular complexity index is 1570. The number of nitrogens with zero attached hydrogens (tertiary/aromatic N) is 3. The first kappa shape index (κ1) is 30.8. The molecule has 1 aromatic heterocycles. The minimum absolute atomic E-state index is 0.170. The lowest BCUT2D eigenvalue weighted by molar-refractivity contribution is -0.143. The number of nitrogens with one attached hydrogen (secondary N) is 4. The van der Waals surface area contributed by atoms with Crippen LogP contribution in [0.4, 0.5) is 17.2 Å². The summed E-state index contributed by atoms with van der Waals surface area (Å²) in [5.41, 5.74) is 1.18. The van der Waals surface area contributed by atoms with Crippen LogP contribution in [0.2, 0.25) is 0 Å². The van der Waals surface area contributed by atoms with E-state index in [1.54, 1.807) is 31.0 Å². The average Bonchev–Trinajstić information content (AvgIpc) is 3.68. The number of hydrogen-bond donors (Lipinski definition) is 4. The van der Waals surface area contributed by atoms with Crippen molar-refractivity contribution in [1.29, 1.82) is 0 Å². The number of rotatable bonds is 9. The summed E-state index contributed by atoms with van der Waals surface area (Å²) >= 11 is 0. The van der Waals surface area contributed by atoms with E-state index in [9.17, 15) is 14.4 Å². The number of carbonyl (C=O) groups is 3. The molecule has 4 N–H and O–H groups in total. The van der Waals surface area contributed by atoms with Crippen LogP contribution >= 0.6 is 0 Å². The zero-order valence-corrected chi connectivity index (χ0v) is 25.8. The minimum atomic E-state index is -0.809. The zero-order valence-electron chi connectivity index (χ0n) is 25.8. The fourth-order valence-corrected chi connectivity index (χ4v) is 5.29. The van der Waals surface area contributed by atoms with Crippen LogP contribution in [-0.2, 0) is 14.4 Å². The standard InChI is InChI=1S/C31H39N7O6/c1-17(32-5)28(39)37-26(31(2,3)4)30(41)38-11-7-8-22(38)29(40)36-21-13-19-20(14-24(21)42-6)33-15-34-27(19)35-18-9-10-23-25(12-18)44-16-43-23/h9-10,12-15,17,22,26,32H,7-8,11,16H2,1-6H3,(H,36,40)(H,37,39)(H,33,34,35)/t17-,22?,26+/m0/s1. The van der Waals surface area contributed by atoms with Crippen LogP contribution in [0.3, 0.4) is 0 Å². The number of likely N-dealkylation sites (tertiary alicyclic amines) is 1. The van der Waals surface area contributed by atoms with E-state index in [4.69, 9.17) is 14.2 Å². The molecule has 0 radical (unpaired) electrons. The fourth-order valence-electron chi connectivity index (χ4n) is 5.29. The summed E-state index contributed by atoms with van der Waals surface area (Å²) in [6, 6.07) is 6.96. The van der Waals surface area contributed by atoms with Gasteiger partial charge < -0.3 is 40.4 Å². The number of anilines is 3. The Morgan fingerprint density at radius 2 is 1.86 bits per heavy atom. The van der Waals surface area contributed by atoms with Crippen LogP contribution in [-0.4, -0.2) is 78.2 Å². The third-order valence-corrected chi connectivity index (χ3v) is 7.91. The molecule has 0 aliphatic carbocycles. The van der Waals surface area contributed by atoms with Crippen molar-refractivity contribution in [3.63, 3.8) is 0 Å². The molecule has 2 aliphatic heterocycles. The summed E-state index contributed by atoms with van der Waals surface area (Å²) in [5.74, 6) is 1.30. The van der Waals surface area contributed by atoms with Gasteiger partial charge in [0, 0.05) is 29.8 Å². The first-order valence-electron chi connectivity index (χ1n) is 14.6. The van der Waals surface area contributed by atoms with E-state index in [0.717, 1.165) is 5.69 Å². The molecule has 0 saturated carbocycles. The topological polar surface area (TPSA) is 156 Å². The Hall–Kier alpha value is -4.65. The van der Waals surface area contributed by atoms with Crippen molar-refractivity contribution >= 4 is 45.8 Å². The van der Waals surface area contributed by atoms with E-state index >= 15 is 0 Å². The van der Waals surface area contributed by atoms with Crippen LogP contribution < -0.4 is 35.5 Å². The molecule has 3 atom stereocenters. The Balaban J connectivity index is 1.39. The number of fused-ring (bicyclic) bond motifs is 2. The second-order valence-electron chi connectivity index (χ2n) is 12.0. The maximum atomic E-state index is 13.8. The number of methoxy groups -OCH3 is 1. The van der Waals surface area contributed by atoms with Gasteiger partial charge >= 0.3 is 0 Å². The van der Waals surface area contributed by atoms with Crippen LogP contribution in [0.1, 0.15) is 40.5 Å². The number of benzene rings is 2. The smallest absolute Gasteiger partial charge is 0.247 e. The third kappa shape index (κ3) is 6.32. The predicted molar refractivity (Wildman–Crippen MR) is 165 cm³/mol. The molecule has 3 aromatic rings. The van der Waals surface area contributed by atoms with Crippen LogP contribution in [0.15, 0.2) is 36.7 Å². The van der Waals surface area contributed by atoms with E-state index < -0.39 is 23.5 Å². The highest BCUT2D eigenvalue weighted by Crippen LogP contribution is 2.37. The van der Waals surface area contributed by atoms with Crippen molar-refractivity contribution in [2.24, 2.45) is 5.41 Å².